The number of carbonyl (C=O) groups is 2. The maximum Gasteiger partial charge on any atom is 0.277 e. The number of nitrogens with zero attached hydrogens (tertiary/aromatic N) is 1. The van der Waals surface area contributed by atoms with E-state index in [9.17, 15) is 9.59 Å². The summed E-state index contributed by atoms with van der Waals surface area (Å²) in [6.07, 6.45) is 0.0745. The number of methoxy groups -OCH3 is 1. The fourth-order valence-electron chi connectivity index (χ4n) is 2.05. The molecule has 0 aliphatic rings. The number of anilines is 1. The minimum atomic E-state index is -0.414. The second-order valence-corrected chi connectivity index (χ2v) is 6.83. The molecule has 2 aromatic rings. The summed E-state index contributed by atoms with van der Waals surface area (Å²) in [5.41, 5.74) is 3.57. The van der Waals surface area contributed by atoms with Gasteiger partial charge >= 0.3 is 0 Å². The minimum absolute atomic E-state index is 0.0745. The van der Waals surface area contributed by atoms with Crippen LogP contribution in [0.2, 0.25) is 0 Å². The highest BCUT2D eigenvalue weighted by Gasteiger charge is 2.07. The Labute approximate surface area is 171 Å². The lowest BCUT2D eigenvalue weighted by Gasteiger charge is -2.07. The van der Waals surface area contributed by atoms with Gasteiger partial charge in [0, 0.05) is 15.0 Å². The molecule has 0 aliphatic carbocycles. The highest BCUT2D eigenvalue weighted by Crippen LogP contribution is 2.16. The predicted octanol–water partition coefficient (Wildman–Crippen LogP) is 3.20. The molecule has 2 aromatic carbocycles. The molecule has 0 saturated carbocycles. The molecule has 0 saturated heterocycles. The number of carbonyl (C=O) groups excluding carboxylic acids is 2. The van der Waals surface area contributed by atoms with Crippen LogP contribution in [-0.2, 0) is 9.59 Å². The summed E-state index contributed by atoms with van der Waals surface area (Å²) in [6, 6.07) is 14.4. The Morgan fingerprint density at radius 3 is 2.44 bits per heavy atom. The molecule has 0 aliphatic heterocycles. The average molecular weight is 481 g/mol. The average Bonchev–Trinajstić information content (AvgIpc) is 2.65. The van der Waals surface area contributed by atoms with Gasteiger partial charge in [0.05, 0.1) is 13.5 Å². The lowest BCUT2D eigenvalue weighted by molar-refractivity contribution is -0.123. The zero-order valence-electron chi connectivity index (χ0n) is 15.0. The Kier molecular flexibility index (Phi) is 8.05. The number of rotatable bonds is 8. The molecule has 0 unspecified atom stereocenters. The summed E-state index contributed by atoms with van der Waals surface area (Å²) in [5.74, 6) is 0.629. The Bertz CT molecular complexity index is 822. The van der Waals surface area contributed by atoms with E-state index in [-0.39, 0.29) is 18.9 Å². The van der Waals surface area contributed by atoms with Crippen LogP contribution in [0.25, 0.3) is 0 Å². The monoisotopic (exact) mass is 481 g/mol. The molecule has 0 atom stereocenters. The first kappa shape index (κ1) is 20.7. The van der Waals surface area contributed by atoms with Crippen molar-refractivity contribution in [3.8, 4) is 11.5 Å². The van der Waals surface area contributed by atoms with Gasteiger partial charge in [-0.25, -0.2) is 5.43 Å². The second kappa shape index (κ2) is 10.5. The Morgan fingerprint density at radius 1 is 1.07 bits per heavy atom. The van der Waals surface area contributed by atoms with Gasteiger partial charge in [-0.15, -0.1) is 0 Å². The van der Waals surface area contributed by atoms with Crippen molar-refractivity contribution in [3.63, 3.8) is 0 Å². The van der Waals surface area contributed by atoms with Crippen molar-refractivity contribution in [3.05, 3.63) is 52.1 Å². The van der Waals surface area contributed by atoms with E-state index in [1.54, 1.807) is 38.3 Å². The zero-order chi connectivity index (χ0) is 19.6. The summed E-state index contributed by atoms with van der Waals surface area (Å²) in [4.78, 5) is 23.8. The molecular weight excluding hydrogens is 461 g/mol. The molecule has 0 heterocycles. The quantitative estimate of drug-likeness (QED) is 0.345. The topological polar surface area (TPSA) is 89.0 Å². The van der Waals surface area contributed by atoms with Crippen LogP contribution in [0.4, 0.5) is 5.69 Å². The van der Waals surface area contributed by atoms with Gasteiger partial charge in [-0.3, -0.25) is 9.59 Å². The normalized spacial score (nSPS) is 10.9. The van der Waals surface area contributed by atoms with E-state index in [1.165, 1.54) is 0 Å². The molecular formula is C19H20IN3O4. The Morgan fingerprint density at radius 2 is 1.78 bits per heavy atom. The summed E-state index contributed by atoms with van der Waals surface area (Å²) in [7, 11) is 1.57. The van der Waals surface area contributed by atoms with Crippen LogP contribution in [0, 0.1) is 3.57 Å². The van der Waals surface area contributed by atoms with E-state index < -0.39 is 5.91 Å². The molecule has 7 nitrogen and oxygen atoms in total. The van der Waals surface area contributed by atoms with Gasteiger partial charge < -0.3 is 14.8 Å². The number of hydrazone groups is 1. The molecule has 142 valence electrons. The van der Waals surface area contributed by atoms with Crippen molar-refractivity contribution in [1.29, 1.82) is 0 Å². The van der Waals surface area contributed by atoms with Crippen LogP contribution in [0.15, 0.2) is 53.6 Å². The number of amides is 2. The summed E-state index contributed by atoms with van der Waals surface area (Å²) < 4.78 is 11.4. The third-order valence-electron chi connectivity index (χ3n) is 3.33. The van der Waals surface area contributed by atoms with Gasteiger partial charge in [0.1, 0.15) is 11.5 Å². The van der Waals surface area contributed by atoms with E-state index in [0.29, 0.717) is 17.2 Å². The van der Waals surface area contributed by atoms with Gasteiger partial charge in [0.15, 0.2) is 6.61 Å². The van der Waals surface area contributed by atoms with E-state index in [2.05, 4.69) is 38.4 Å². The van der Waals surface area contributed by atoms with Crippen molar-refractivity contribution < 1.29 is 19.1 Å². The minimum Gasteiger partial charge on any atom is -0.497 e. The van der Waals surface area contributed by atoms with Crippen molar-refractivity contribution in [1.82, 2.24) is 5.43 Å². The number of nitrogens with one attached hydrogen (secondary N) is 2. The fraction of sp³-hybridized carbons (Fsp3) is 0.211. The lowest BCUT2D eigenvalue weighted by atomic mass is 10.2. The Balaban J connectivity index is 1.74. The largest absolute Gasteiger partial charge is 0.497 e. The predicted molar refractivity (Wildman–Crippen MR) is 112 cm³/mol. The van der Waals surface area contributed by atoms with Crippen molar-refractivity contribution in [2.45, 2.75) is 13.3 Å². The number of benzene rings is 2. The van der Waals surface area contributed by atoms with Crippen LogP contribution < -0.4 is 20.2 Å². The molecule has 0 fully saturated rings. The standard InChI is InChI=1S/C19H20IN3O4/c1-13(10-18(24)21-15-5-3-4-14(20)11-15)22-23-19(25)12-27-17-8-6-16(26-2)7-9-17/h3-9,11H,10,12H2,1-2H3,(H,21,24)(H,23,25). The summed E-state index contributed by atoms with van der Waals surface area (Å²) >= 11 is 2.17. The van der Waals surface area contributed by atoms with E-state index in [0.717, 1.165) is 9.26 Å². The number of hydrogen-bond acceptors (Lipinski definition) is 5. The van der Waals surface area contributed by atoms with Crippen LogP contribution in [-0.4, -0.2) is 31.2 Å². The van der Waals surface area contributed by atoms with Gasteiger partial charge in [-0.05, 0) is 72.0 Å². The SMILES string of the molecule is COc1ccc(OCC(=O)NN=C(C)CC(=O)Nc2cccc(I)c2)cc1. The lowest BCUT2D eigenvalue weighted by Crippen LogP contribution is -2.26. The van der Waals surface area contributed by atoms with Crippen molar-refractivity contribution in [2.75, 3.05) is 19.0 Å². The molecule has 2 N–H and O–H groups in total. The number of halogens is 1. The molecule has 0 aromatic heterocycles. The second-order valence-electron chi connectivity index (χ2n) is 5.58. The van der Waals surface area contributed by atoms with Gasteiger partial charge in [-0.2, -0.15) is 5.10 Å². The number of hydrogen-bond donors (Lipinski definition) is 2. The van der Waals surface area contributed by atoms with Crippen molar-refractivity contribution >= 4 is 45.8 Å². The smallest absolute Gasteiger partial charge is 0.277 e. The first-order valence-corrected chi connectivity index (χ1v) is 9.18. The third-order valence-corrected chi connectivity index (χ3v) is 4.00. The fourth-order valence-corrected chi connectivity index (χ4v) is 2.60. The third kappa shape index (κ3) is 7.65. The van der Waals surface area contributed by atoms with Crippen LogP contribution in [0.3, 0.4) is 0 Å². The van der Waals surface area contributed by atoms with Crippen molar-refractivity contribution in [2.24, 2.45) is 5.10 Å². The van der Waals surface area contributed by atoms with Gasteiger partial charge in [-0.1, -0.05) is 6.07 Å². The van der Waals surface area contributed by atoms with E-state index in [4.69, 9.17) is 9.47 Å². The maximum atomic E-state index is 12.0. The maximum absolute atomic E-state index is 12.0. The highest BCUT2D eigenvalue weighted by atomic mass is 127. The molecule has 8 heteroatoms. The van der Waals surface area contributed by atoms with E-state index >= 15 is 0 Å². The first-order chi connectivity index (χ1) is 13.0. The highest BCUT2D eigenvalue weighted by molar-refractivity contribution is 14.1. The molecule has 27 heavy (non-hydrogen) atoms. The van der Waals surface area contributed by atoms with Crippen LogP contribution in [0.5, 0.6) is 11.5 Å². The molecule has 0 spiro atoms. The van der Waals surface area contributed by atoms with Crippen LogP contribution in [0.1, 0.15) is 13.3 Å². The van der Waals surface area contributed by atoms with Gasteiger partial charge in [0.2, 0.25) is 5.91 Å². The van der Waals surface area contributed by atoms with E-state index in [1.807, 2.05) is 24.3 Å². The molecule has 0 bridgehead atoms. The van der Waals surface area contributed by atoms with Gasteiger partial charge in [0.25, 0.3) is 5.91 Å². The zero-order valence-corrected chi connectivity index (χ0v) is 17.1. The summed E-state index contributed by atoms with van der Waals surface area (Å²) in [5, 5.41) is 6.70. The summed E-state index contributed by atoms with van der Waals surface area (Å²) in [6.45, 7) is 1.48. The number of ether oxygens (including phenoxy) is 2. The Hall–Kier alpha value is -2.62. The molecule has 2 amide bonds. The first-order valence-electron chi connectivity index (χ1n) is 8.10. The van der Waals surface area contributed by atoms with Crippen LogP contribution >= 0.6 is 22.6 Å². The molecule has 2 rings (SSSR count). The molecule has 0 radical (unpaired) electrons.